The predicted octanol–water partition coefficient (Wildman–Crippen LogP) is 3.04. The standard InChI is InChI=1S/C21H25FN2O4S/c1-23-12-10-19(11-13-23)29(26,27)24(18-6-4-3-5-7-18)15-17-9-8-16(14-20(17)22)21(25)28-2/h3-9,14,19H,10-13,15H2,1-2H3. The second kappa shape index (κ2) is 8.92. The van der Waals surface area contributed by atoms with Gasteiger partial charge in [0.15, 0.2) is 0 Å². The van der Waals surface area contributed by atoms with Gasteiger partial charge in [-0.15, -0.1) is 0 Å². The van der Waals surface area contributed by atoms with E-state index in [0.29, 0.717) is 31.6 Å². The molecule has 1 aliphatic rings. The van der Waals surface area contributed by atoms with Crippen LogP contribution in [0.2, 0.25) is 0 Å². The maximum Gasteiger partial charge on any atom is 0.337 e. The second-order valence-electron chi connectivity index (χ2n) is 7.19. The first-order valence-electron chi connectivity index (χ1n) is 9.45. The van der Waals surface area contributed by atoms with Crippen LogP contribution in [0.1, 0.15) is 28.8 Å². The van der Waals surface area contributed by atoms with E-state index in [1.165, 1.54) is 23.5 Å². The van der Waals surface area contributed by atoms with Crippen LogP contribution in [0.4, 0.5) is 10.1 Å². The van der Waals surface area contributed by atoms with E-state index in [-0.39, 0.29) is 17.7 Å². The fourth-order valence-corrected chi connectivity index (χ4v) is 5.36. The Morgan fingerprint density at radius 1 is 1.17 bits per heavy atom. The number of benzene rings is 2. The number of nitrogens with zero attached hydrogens (tertiary/aromatic N) is 2. The zero-order valence-electron chi connectivity index (χ0n) is 16.5. The zero-order valence-corrected chi connectivity index (χ0v) is 17.4. The molecule has 1 aliphatic heterocycles. The van der Waals surface area contributed by atoms with Gasteiger partial charge < -0.3 is 9.64 Å². The molecule has 29 heavy (non-hydrogen) atoms. The molecule has 1 fully saturated rings. The van der Waals surface area contributed by atoms with Crippen molar-refractivity contribution in [3.05, 3.63) is 65.5 Å². The van der Waals surface area contributed by atoms with Gasteiger partial charge in [-0.25, -0.2) is 17.6 Å². The fourth-order valence-electron chi connectivity index (χ4n) is 3.46. The predicted molar refractivity (Wildman–Crippen MR) is 110 cm³/mol. The topological polar surface area (TPSA) is 66.9 Å². The molecule has 1 saturated heterocycles. The number of para-hydroxylation sites is 1. The lowest BCUT2D eigenvalue weighted by atomic mass is 10.1. The summed E-state index contributed by atoms with van der Waals surface area (Å²) in [4.78, 5) is 13.7. The van der Waals surface area contributed by atoms with Gasteiger partial charge >= 0.3 is 5.97 Å². The zero-order chi connectivity index (χ0) is 21.0. The third-order valence-electron chi connectivity index (χ3n) is 5.23. The number of carbonyl (C=O) groups excluding carboxylic acids is 1. The highest BCUT2D eigenvalue weighted by molar-refractivity contribution is 7.93. The number of hydrogen-bond donors (Lipinski definition) is 0. The molecule has 3 rings (SSSR count). The summed E-state index contributed by atoms with van der Waals surface area (Å²) in [7, 11) is -0.508. The van der Waals surface area contributed by atoms with Crippen molar-refractivity contribution in [2.75, 3.05) is 31.6 Å². The SMILES string of the molecule is COC(=O)c1ccc(CN(c2ccccc2)S(=O)(=O)C2CCN(C)CC2)c(F)c1. The normalized spacial score (nSPS) is 15.8. The number of carbonyl (C=O) groups is 1. The first-order valence-corrected chi connectivity index (χ1v) is 10.9. The number of ether oxygens (including phenoxy) is 1. The lowest BCUT2D eigenvalue weighted by molar-refractivity contribution is 0.0600. The van der Waals surface area contributed by atoms with Crippen LogP contribution < -0.4 is 4.31 Å². The Labute approximate surface area is 170 Å². The van der Waals surface area contributed by atoms with Crippen LogP contribution in [0.25, 0.3) is 0 Å². The molecule has 0 bridgehead atoms. The van der Waals surface area contributed by atoms with Crippen molar-refractivity contribution in [3.63, 3.8) is 0 Å². The number of piperidine rings is 1. The molecule has 0 amide bonds. The Morgan fingerprint density at radius 3 is 2.41 bits per heavy atom. The molecule has 2 aromatic rings. The number of sulfonamides is 1. The number of hydrogen-bond acceptors (Lipinski definition) is 5. The van der Waals surface area contributed by atoms with E-state index in [0.717, 1.165) is 6.07 Å². The summed E-state index contributed by atoms with van der Waals surface area (Å²) in [5, 5.41) is -0.517. The quantitative estimate of drug-likeness (QED) is 0.672. The summed E-state index contributed by atoms with van der Waals surface area (Å²) < 4.78 is 47.4. The van der Waals surface area contributed by atoms with Crippen LogP contribution in [0, 0.1) is 5.82 Å². The molecule has 0 radical (unpaired) electrons. The molecule has 0 aliphatic carbocycles. The highest BCUT2D eigenvalue weighted by atomic mass is 32.2. The third kappa shape index (κ3) is 4.76. The van der Waals surface area contributed by atoms with E-state index >= 15 is 0 Å². The van der Waals surface area contributed by atoms with Gasteiger partial charge in [0, 0.05) is 5.56 Å². The molecular formula is C21H25FN2O4S. The highest BCUT2D eigenvalue weighted by Crippen LogP contribution is 2.28. The van der Waals surface area contributed by atoms with Crippen molar-refractivity contribution in [1.29, 1.82) is 0 Å². The summed E-state index contributed by atoms with van der Waals surface area (Å²) in [6, 6.07) is 12.7. The molecule has 0 saturated carbocycles. The molecule has 0 aromatic heterocycles. The van der Waals surface area contributed by atoms with Gasteiger partial charge in [-0.2, -0.15) is 0 Å². The number of methoxy groups -OCH3 is 1. The van der Waals surface area contributed by atoms with E-state index in [1.807, 2.05) is 7.05 Å². The number of esters is 1. The van der Waals surface area contributed by atoms with Crippen molar-refractivity contribution in [3.8, 4) is 0 Å². The Hall–Kier alpha value is -2.45. The van der Waals surface area contributed by atoms with E-state index in [9.17, 15) is 17.6 Å². The van der Waals surface area contributed by atoms with Crippen molar-refractivity contribution >= 4 is 21.7 Å². The second-order valence-corrected chi connectivity index (χ2v) is 9.32. The van der Waals surface area contributed by atoms with Crippen molar-refractivity contribution in [2.24, 2.45) is 0 Å². The number of anilines is 1. The average molecular weight is 421 g/mol. The van der Waals surface area contributed by atoms with E-state index < -0.39 is 27.1 Å². The lowest BCUT2D eigenvalue weighted by Gasteiger charge is -2.34. The van der Waals surface area contributed by atoms with Crippen molar-refractivity contribution in [1.82, 2.24) is 4.90 Å². The third-order valence-corrected chi connectivity index (χ3v) is 7.49. The van der Waals surface area contributed by atoms with Gasteiger partial charge in [0.25, 0.3) is 0 Å². The Balaban J connectivity index is 1.94. The summed E-state index contributed by atoms with van der Waals surface area (Å²) in [6.45, 7) is 1.26. The summed E-state index contributed by atoms with van der Waals surface area (Å²) in [5.41, 5.74) is 0.763. The van der Waals surface area contributed by atoms with E-state index in [4.69, 9.17) is 0 Å². The monoisotopic (exact) mass is 420 g/mol. The maximum absolute atomic E-state index is 14.7. The van der Waals surface area contributed by atoms with Crippen LogP contribution in [0.3, 0.4) is 0 Å². The minimum absolute atomic E-state index is 0.0817. The molecule has 0 spiro atoms. The first-order chi connectivity index (χ1) is 13.8. The molecular weight excluding hydrogens is 395 g/mol. The smallest absolute Gasteiger partial charge is 0.337 e. The molecule has 0 atom stereocenters. The number of likely N-dealkylation sites (tertiary alicyclic amines) is 1. The minimum Gasteiger partial charge on any atom is -0.465 e. The van der Waals surface area contributed by atoms with E-state index in [2.05, 4.69) is 9.64 Å². The van der Waals surface area contributed by atoms with Gasteiger partial charge in [-0.3, -0.25) is 4.31 Å². The summed E-state index contributed by atoms with van der Waals surface area (Å²) in [6.07, 6.45) is 1.07. The molecule has 2 aromatic carbocycles. The molecule has 8 heteroatoms. The minimum atomic E-state index is -3.70. The van der Waals surface area contributed by atoms with Crippen molar-refractivity contribution < 1.29 is 22.3 Å². The number of rotatable bonds is 6. The van der Waals surface area contributed by atoms with Crippen molar-refractivity contribution in [2.45, 2.75) is 24.6 Å². The van der Waals surface area contributed by atoms with Crippen LogP contribution >= 0.6 is 0 Å². The van der Waals surface area contributed by atoms with Crippen LogP contribution in [0.5, 0.6) is 0 Å². The van der Waals surface area contributed by atoms with Gasteiger partial charge in [0.1, 0.15) is 5.82 Å². The Morgan fingerprint density at radius 2 is 1.83 bits per heavy atom. The first kappa shape index (κ1) is 21.3. The highest BCUT2D eigenvalue weighted by Gasteiger charge is 2.34. The van der Waals surface area contributed by atoms with Crippen LogP contribution in [-0.4, -0.2) is 51.8 Å². The Kier molecular flexibility index (Phi) is 6.54. The molecule has 6 nitrogen and oxygen atoms in total. The van der Waals surface area contributed by atoms with Crippen LogP contribution in [-0.2, 0) is 21.3 Å². The Bertz CT molecular complexity index is 958. The average Bonchev–Trinajstić information content (AvgIpc) is 2.73. The molecule has 1 heterocycles. The van der Waals surface area contributed by atoms with Crippen LogP contribution in [0.15, 0.2) is 48.5 Å². The van der Waals surface area contributed by atoms with Gasteiger partial charge in [-0.1, -0.05) is 24.3 Å². The summed E-state index contributed by atoms with van der Waals surface area (Å²) >= 11 is 0. The molecule has 0 unspecified atom stereocenters. The van der Waals surface area contributed by atoms with Gasteiger partial charge in [0.2, 0.25) is 10.0 Å². The van der Waals surface area contributed by atoms with Gasteiger partial charge in [-0.05, 0) is 57.2 Å². The van der Waals surface area contributed by atoms with Gasteiger partial charge in [0.05, 0.1) is 30.2 Å². The fraction of sp³-hybridized carbons (Fsp3) is 0.381. The number of halogens is 1. The largest absolute Gasteiger partial charge is 0.465 e. The molecule has 0 N–H and O–H groups in total. The summed E-state index contributed by atoms with van der Waals surface area (Å²) in [5.74, 6) is -1.29. The molecule has 156 valence electrons. The lowest BCUT2D eigenvalue weighted by Crippen LogP contribution is -2.44. The maximum atomic E-state index is 14.7. The van der Waals surface area contributed by atoms with E-state index in [1.54, 1.807) is 30.3 Å².